The molecule has 1 amide bonds. The van der Waals surface area contributed by atoms with E-state index in [4.69, 9.17) is 5.11 Å². The van der Waals surface area contributed by atoms with Gasteiger partial charge in [-0.15, -0.1) is 0 Å². The summed E-state index contributed by atoms with van der Waals surface area (Å²) >= 11 is 0. The third-order valence-electron chi connectivity index (χ3n) is 3.47. The number of hydrogen-bond donors (Lipinski definition) is 1. The number of aliphatic carboxylic acids is 1. The normalized spacial score (nSPS) is 18.9. The van der Waals surface area contributed by atoms with Crippen molar-refractivity contribution in [3.05, 3.63) is 35.4 Å². The smallest absolute Gasteiger partial charge is 0.308 e. The quantitative estimate of drug-likeness (QED) is 0.920. The van der Waals surface area contributed by atoms with Crippen molar-refractivity contribution in [3.8, 4) is 0 Å². The van der Waals surface area contributed by atoms with Crippen molar-refractivity contribution in [2.45, 2.75) is 19.3 Å². The van der Waals surface area contributed by atoms with Gasteiger partial charge in [-0.05, 0) is 31.0 Å². The fourth-order valence-corrected chi connectivity index (χ4v) is 2.36. The van der Waals surface area contributed by atoms with Crippen LogP contribution in [0, 0.1) is 17.6 Å². The summed E-state index contributed by atoms with van der Waals surface area (Å²) in [6, 6.07) is 2.96. The highest BCUT2D eigenvalue weighted by Gasteiger charge is 2.28. The predicted octanol–water partition coefficient (Wildman–Crippen LogP) is 1.83. The monoisotopic (exact) mass is 283 g/mol. The number of nitrogens with zero attached hydrogens (tertiary/aromatic N) is 1. The molecule has 0 spiro atoms. The topological polar surface area (TPSA) is 57.6 Å². The first kappa shape index (κ1) is 14.4. The van der Waals surface area contributed by atoms with E-state index in [0.29, 0.717) is 19.4 Å². The Balaban J connectivity index is 2.04. The summed E-state index contributed by atoms with van der Waals surface area (Å²) in [7, 11) is 0. The number of hydrogen-bond acceptors (Lipinski definition) is 2. The molecule has 0 radical (unpaired) electrons. The van der Waals surface area contributed by atoms with Crippen LogP contribution in [-0.4, -0.2) is 35.0 Å². The molecule has 1 aromatic carbocycles. The summed E-state index contributed by atoms with van der Waals surface area (Å²) in [6.07, 6.45) is 0.887. The Morgan fingerprint density at radius 2 is 2.10 bits per heavy atom. The Kier molecular flexibility index (Phi) is 4.32. The minimum absolute atomic E-state index is 0.00699. The van der Waals surface area contributed by atoms with E-state index in [1.807, 2.05) is 0 Å². The number of carboxylic acid groups (broad SMARTS) is 1. The van der Waals surface area contributed by atoms with Crippen molar-refractivity contribution < 1.29 is 23.5 Å². The molecule has 1 saturated heterocycles. The minimum Gasteiger partial charge on any atom is -0.481 e. The summed E-state index contributed by atoms with van der Waals surface area (Å²) in [5.74, 6) is -3.12. The maximum atomic E-state index is 13.5. The number of likely N-dealkylation sites (tertiary alicyclic amines) is 1. The molecule has 1 aromatic rings. The second-order valence-corrected chi connectivity index (χ2v) is 4.93. The second-order valence-electron chi connectivity index (χ2n) is 4.93. The van der Waals surface area contributed by atoms with Crippen molar-refractivity contribution in [2.75, 3.05) is 13.1 Å². The number of amides is 1. The number of carbonyl (C=O) groups is 2. The third-order valence-corrected chi connectivity index (χ3v) is 3.47. The molecule has 108 valence electrons. The van der Waals surface area contributed by atoms with Crippen LogP contribution >= 0.6 is 0 Å². The SMILES string of the molecule is O=C(O)[C@H]1CCCN(C(=O)Cc2cc(F)ccc2F)C1. The fourth-order valence-electron chi connectivity index (χ4n) is 2.36. The van der Waals surface area contributed by atoms with Gasteiger partial charge in [0.1, 0.15) is 11.6 Å². The molecule has 1 atom stereocenters. The molecule has 20 heavy (non-hydrogen) atoms. The van der Waals surface area contributed by atoms with Gasteiger partial charge in [-0.2, -0.15) is 0 Å². The molecule has 4 nitrogen and oxygen atoms in total. The molecule has 2 rings (SSSR count). The van der Waals surface area contributed by atoms with Crippen LogP contribution in [0.2, 0.25) is 0 Å². The van der Waals surface area contributed by atoms with Gasteiger partial charge >= 0.3 is 5.97 Å². The van der Waals surface area contributed by atoms with Crippen LogP contribution in [0.4, 0.5) is 8.78 Å². The van der Waals surface area contributed by atoms with E-state index in [-0.39, 0.29) is 24.4 Å². The lowest BCUT2D eigenvalue weighted by Crippen LogP contribution is -2.43. The fraction of sp³-hybridized carbons (Fsp3) is 0.429. The number of halogens is 2. The number of benzene rings is 1. The Labute approximate surface area is 115 Å². The van der Waals surface area contributed by atoms with Gasteiger partial charge in [-0.3, -0.25) is 9.59 Å². The van der Waals surface area contributed by atoms with E-state index in [0.717, 1.165) is 18.2 Å². The van der Waals surface area contributed by atoms with Gasteiger partial charge in [-0.1, -0.05) is 0 Å². The standard InChI is InChI=1S/C14H15F2NO3/c15-11-3-4-12(16)10(6-11)7-13(18)17-5-1-2-9(8-17)14(19)20/h3-4,6,9H,1-2,5,7-8H2,(H,19,20)/t9-/m0/s1. The van der Waals surface area contributed by atoms with Gasteiger partial charge in [-0.25, -0.2) is 8.78 Å². The summed E-state index contributed by atoms with van der Waals surface area (Å²) in [5.41, 5.74) is -0.00699. The molecule has 1 fully saturated rings. The van der Waals surface area contributed by atoms with Crippen LogP contribution in [0.5, 0.6) is 0 Å². The van der Waals surface area contributed by atoms with Crippen molar-refractivity contribution in [1.82, 2.24) is 4.90 Å². The molecule has 0 unspecified atom stereocenters. The molecule has 0 aliphatic carbocycles. The van der Waals surface area contributed by atoms with Crippen LogP contribution in [0.15, 0.2) is 18.2 Å². The van der Waals surface area contributed by atoms with E-state index in [1.54, 1.807) is 0 Å². The van der Waals surface area contributed by atoms with Crippen LogP contribution < -0.4 is 0 Å². The molecular formula is C14H15F2NO3. The molecule has 1 aliphatic rings. The zero-order chi connectivity index (χ0) is 14.7. The summed E-state index contributed by atoms with van der Waals surface area (Å²) < 4.78 is 26.5. The zero-order valence-corrected chi connectivity index (χ0v) is 10.8. The van der Waals surface area contributed by atoms with E-state index in [9.17, 15) is 18.4 Å². The van der Waals surface area contributed by atoms with Crippen molar-refractivity contribution in [3.63, 3.8) is 0 Å². The average Bonchev–Trinajstić information content (AvgIpc) is 2.43. The van der Waals surface area contributed by atoms with Crippen molar-refractivity contribution in [1.29, 1.82) is 0 Å². The summed E-state index contributed by atoms with van der Waals surface area (Å²) in [6.45, 7) is 0.588. The number of carboxylic acids is 1. The van der Waals surface area contributed by atoms with Gasteiger partial charge in [0.15, 0.2) is 0 Å². The lowest BCUT2D eigenvalue weighted by Gasteiger charge is -2.30. The van der Waals surface area contributed by atoms with Gasteiger partial charge < -0.3 is 10.0 Å². The van der Waals surface area contributed by atoms with Gasteiger partial charge in [0.2, 0.25) is 5.91 Å². The largest absolute Gasteiger partial charge is 0.481 e. The Morgan fingerprint density at radius 1 is 1.35 bits per heavy atom. The predicted molar refractivity (Wildman–Crippen MR) is 67.0 cm³/mol. The van der Waals surface area contributed by atoms with Crippen LogP contribution in [0.1, 0.15) is 18.4 Å². The van der Waals surface area contributed by atoms with Crippen molar-refractivity contribution >= 4 is 11.9 Å². The van der Waals surface area contributed by atoms with Crippen LogP contribution in [-0.2, 0) is 16.0 Å². The maximum Gasteiger partial charge on any atom is 0.308 e. The van der Waals surface area contributed by atoms with E-state index in [1.165, 1.54) is 4.90 Å². The zero-order valence-electron chi connectivity index (χ0n) is 10.8. The molecule has 6 heteroatoms. The number of carbonyl (C=O) groups excluding carboxylic acids is 1. The highest BCUT2D eigenvalue weighted by Crippen LogP contribution is 2.18. The lowest BCUT2D eigenvalue weighted by molar-refractivity contribution is -0.145. The first-order chi connectivity index (χ1) is 9.47. The van der Waals surface area contributed by atoms with Crippen LogP contribution in [0.3, 0.4) is 0 Å². The Hall–Kier alpha value is -1.98. The molecule has 0 aromatic heterocycles. The average molecular weight is 283 g/mol. The highest BCUT2D eigenvalue weighted by molar-refractivity contribution is 5.80. The molecule has 0 bridgehead atoms. The second kappa shape index (κ2) is 5.98. The van der Waals surface area contributed by atoms with E-state index < -0.39 is 23.5 Å². The van der Waals surface area contributed by atoms with Gasteiger partial charge in [0.25, 0.3) is 0 Å². The highest BCUT2D eigenvalue weighted by atomic mass is 19.1. The molecule has 0 saturated carbocycles. The van der Waals surface area contributed by atoms with E-state index in [2.05, 4.69) is 0 Å². The molecule has 1 N–H and O–H groups in total. The van der Waals surface area contributed by atoms with Crippen LogP contribution in [0.25, 0.3) is 0 Å². The van der Waals surface area contributed by atoms with E-state index >= 15 is 0 Å². The summed E-state index contributed by atoms with van der Waals surface area (Å²) in [4.78, 5) is 24.4. The van der Waals surface area contributed by atoms with Crippen molar-refractivity contribution in [2.24, 2.45) is 5.92 Å². The molecule has 1 aliphatic heterocycles. The minimum atomic E-state index is -0.931. The van der Waals surface area contributed by atoms with Gasteiger partial charge in [0, 0.05) is 18.7 Å². The van der Waals surface area contributed by atoms with Gasteiger partial charge in [0.05, 0.1) is 12.3 Å². The first-order valence-corrected chi connectivity index (χ1v) is 6.42. The number of rotatable bonds is 3. The molecular weight excluding hydrogens is 268 g/mol. The summed E-state index contributed by atoms with van der Waals surface area (Å²) in [5, 5.41) is 8.96. The maximum absolute atomic E-state index is 13.5. The first-order valence-electron chi connectivity index (χ1n) is 6.42. The third kappa shape index (κ3) is 3.31. The Morgan fingerprint density at radius 3 is 2.80 bits per heavy atom. The lowest BCUT2D eigenvalue weighted by atomic mass is 9.97. The number of piperidine rings is 1. The Bertz CT molecular complexity index is 533. The molecule has 1 heterocycles.